The highest BCUT2D eigenvalue weighted by atomic mass is 19.1. The number of amides is 2. The summed E-state index contributed by atoms with van der Waals surface area (Å²) in [6, 6.07) is 12.7. The Hall–Kier alpha value is -4.01. The van der Waals surface area contributed by atoms with Crippen LogP contribution in [0.2, 0.25) is 0 Å². The number of nitrogens with two attached hydrogens (primary N) is 1. The molecule has 0 saturated heterocycles. The van der Waals surface area contributed by atoms with Gasteiger partial charge in [-0.05, 0) is 56.7 Å². The van der Waals surface area contributed by atoms with Crippen molar-refractivity contribution in [3.8, 4) is 5.69 Å². The van der Waals surface area contributed by atoms with Crippen LogP contribution in [-0.2, 0) is 16.1 Å². The fourth-order valence-corrected chi connectivity index (χ4v) is 4.16. The van der Waals surface area contributed by atoms with E-state index in [1.807, 2.05) is 49.7 Å². The van der Waals surface area contributed by atoms with Gasteiger partial charge in [-0.2, -0.15) is 10.2 Å². The molecule has 1 aliphatic rings. The Balaban J connectivity index is 1.57. The third-order valence-electron chi connectivity index (χ3n) is 6.10. The van der Waals surface area contributed by atoms with Crippen molar-refractivity contribution in [2.45, 2.75) is 39.8 Å². The van der Waals surface area contributed by atoms with Crippen molar-refractivity contribution in [3.05, 3.63) is 76.9 Å². The van der Waals surface area contributed by atoms with E-state index in [1.54, 1.807) is 11.9 Å². The Bertz CT molecular complexity index is 1280. The van der Waals surface area contributed by atoms with E-state index in [4.69, 9.17) is 10.8 Å². The number of rotatable bonds is 6. The van der Waals surface area contributed by atoms with Crippen LogP contribution in [0.3, 0.4) is 0 Å². The summed E-state index contributed by atoms with van der Waals surface area (Å²) in [5.41, 5.74) is 11.1. The van der Waals surface area contributed by atoms with Crippen molar-refractivity contribution in [2.75, 3.05) is 12.1 Å². The number of aromatic nitrogens is 2. The lowest BCUT2D eigenvalue weighted by Gasteiger charge is -2.20. The number of primary amides is 1. The molecule has 9 heteroatoms. The number of hydrazone groups is 1. The molecule has 2 heterocycles. The van der Waals surface area contributed by atoms with Crippen LogP contribution in [0.25, 0.3) is 5.69 Å². The average Bonchev–Trinajstić information content (AvgIpc) is 3.37. The minimum absolute atomic E-state index is 0.0797. The van der Waals surface area contributed by atoms with Crippen LogP contribution in [0, 0.1) is 26.6 Å². The average molecular weight is 463 g/mol. The highest BCUT2D eigenvalue weighted by molar-refractivity contribution is 6.40. The summed E-state index contributed by atoms with van der Waals surface area (Å²) in [6.45, 7) is 6.26. The van der Waals surface area contributed by atoms with Crippen molar-refractivity contribution in [1.82, 2.24) is 14.7 Å². The van der Waals surface area contributed by atoms with E-state index in [-0.39, 0.29) is 18.0 Å². The molecule has 0 spiro atoms. The zero-order valence-corrected chi connectivity index (χ0v) is 19.6. The molecule has 0 fully saturated rings. The second-order valence-electron chi connectivity index (χ2n) is 8.50. The minimum Gasteiger partial charge on any atom is -0.368 e. The van der Waals surface area contributed by atoms with Gasteiger partial charge >= 0.3 is 0 Å². The highest BCUT2D eigenvalue weighted by Gasteiger charge is 2.36. The smallest absolute Gasteiger partial charge is 0.270 e. The van der Waals surface area contributed by atoms with E-state index in [9.17, 15) is 14.0 Å². The molecule has 3 aromatic rings. The normalized spacial score (nSPS) is 15.4. The first-order valence-corrected chi connectivity index (χ1v) is 11.0. The minimum atomic E-state index is -0.815. The van der Waals surface area contributed by atoms with Crippen molar-refractivity contribution < 1.29 is 14.0 Å². The maximum atomic E-state index is 13.3. The van der Waals surface area contributed by atoms with Crippen molar-refractivity contribution in [3.63, 3.8) is 0 Å². The van der Waals surface area contributed by atoms with E-state index in [0.717, 1.165) is 28.2 Å². The van der Waals surface area contributed by atoms with Gasteiger partial charge in [0, 0.05) is 31.3 Å². The number of hydrogen-bond acceptors (Lipinski definition) is 5. The molecule has 8 nitrogen and oxygen atoms in total. The molecule has 0 radical (unpaired) electrons. The Kier molecular flexibility index (Phi) is 6.19. The quantitative estimate of drug-likeness (QED) is 0.609. The number of benzene rings is 2. The van der Waals surface area contributed by atoms with Crippen molar-refractivity contribution >= 4 is 23.2 Å². The van der Waals surface area contributed by atoms with Crippen molar-refractivity contribution in [2.24, 2.45) is 10.8 Å². The molecule has 0 bridgehead atoms. The van der Waals surface area contributed by atoms with Gasteiger partial charge in [-0.25, -0.2) is 9.07 Å². The van der Waals surface area contributed by atoms with Crippen molar-refractivity contribution in [1.29, 1.82) is 0 Å². The second kappa shape index (κ2) is 9.09. The first-order valence-electron chi connectivity index (χ1n) is 11.0. The van der Waals surface area contributed by atoms with E-state index in [0.29, 0.717) is 12.2 Å². The number of halogens is 1. The molecule has 2 amide bonds. The summed E-state index contributed by atoms with van der Waals surface area (Å²) in [7, 11) is 1.69. The standard InChI is InChI=1S/C25H27FN6O2/c1-15-7-5-6-8-22(15)31-17(3)20(16(2)28-31)14-30(4)25(34)21-13-23(24(27)33)32(29-21)19-11-9-18(26)10-12-19/h5-12,23H,13-14H2,1-4H3,(H2,27,33). The lowest BCUT2D eigenvalue weighted by Crippen LogP contribution is -2.40. The maximum Gasteiger partial charge on any atom is 0.270 e. The van der Waals surface area contributed by atoms with Crippen LogP contribution in [0.5, 0.6) is 0 Å². The Labute approximate surface area is 197 Å². The first kappa shape index (κ1) is 23.2. The molecule has 176 valence electrons. The molecule has 1 aliphatic heterocycles. The fraction of sp³-hybridized carbons (Fsp3) is 0.280. The molecule has 1 atom stereocenters. The maximum absolute atomic E-state index is 13.3. The Morgan fingerprint density at radius 3 is 2.44 bits per heavy atom. The fourth-order valence-electron chi connectivity index (χ4n) is 4.16. The van der Waals surface area contributed by atoms with Crippen LogP contribution < -0.4 is 10.7 Å². The van der Waals surface area contributed by atoms with Gasteiger partial charge in [0.25, 0.3) is 5.91 Å². The molecule has 0 aliphatic carbocycles. The predicted molar refractivity (Wildman–Crippen MR) is 128 cm³/mol. The number of carbonyl (C=O) groups excluding carboxylic acids is 2. The summed E-state index contributed by atoms with van der Waals surface area (Å²) in [4.78, 5) is 26.8. The van der Waals surface area contributed by atoms with Crippen LogP contribution in [0.4, 0.5) is 10.1 Å². The molecular weight excluding hydrogens is 435 g/mol. The van der Waals surface area contributed by atoms with E-state index < -0.39 is 17.8 Å². The number of anilines is 1. The van der Waals surface area contributed by atoms with Crippen LogP contribution in [0.15, 0.2) is 53.6 Å². The van der Waals surface area contributed by atoms with Gasteiger partial charge in [-0.3, -0.25) is 14.6 Å². The largest absolute Gasteiger partial charge is 0.368 e. The van der Waals surface area contributed by atoms with E-state index in [1.165, 1.54) is 29.3 Å². The molecular formula is C25H27FN6O2. The summed E-state index contributed by atoms with van der Waals surface area (Å²) in [5.74, 6) is -1.32. The molecule has 1 unspecified atom stereocenters. The topological polar surface area (TPSA) is 96.8 Å². The number of aryl methyl sites for hydroxylation is 2. The third kappa shape index (κ3) is 4.28. The van der Waals surface area contributed by atoms with Gasteiger partial charge in [-0.1, -0.05) is 18.2 Å². The predicted octanol–water partition coefficient (Wildman–Crippen LogP) is 3.02. The lowest BCUT2D eigenvalue weighted by molar-refractivity contribution is -0.123. The van der Waals surface area contributed by atoms with Crippen LogP contribution in [0.1, 0.15) is 28.9 Å². The zero-order valence-electron chi connectivity index (χ0n) is 19.6. The van der Waals surface area contributed by atoms with Crippen LogP contribution in [-0.4, -0.2) is 45.3 Å². The lowest BCUT2D eigenvalue weighted by atomic mass is 10.1. The number of carbonyl (C=O) groups is 2. The van der Waals surface area contributed by atoms with Crippen LogP contribution >= 0.6 is 0 Å². The number of nitrogens with zero attached hydrogens (tertiary/aromatic N) is 5. The van der Waals surface area contributed by atoms with Gasteiger partial charge in [0.2, 0.25) is 5.91 Å². The van der Waals surface area contributed by atoms with Gasteiger partial charge < -0.3 is 10.6 Å². The van der Waals surface area contributed by atoms with Gasteiger partial charge in [0.05, 0.1) is 17.1 Å². The zero-order chi connectivity index (χ0) is 24.6. The number of hydrogen-bond donors (Lipinski definition) is 1. The first-order chi connectivity index (χ1) is 16.2. The monoisotopic (exact) mass is 462 g/mol. The third-order valence-corrected chi connectivity index (χ3v) is 6.10. The molecule has 2 aromatic carbocycles. The summed E-state index contributed by atoms with van der Waals surface area (Å²) >= 11 is 0. The molecule has 0 saturated carbocycles. The van der Waals surface area contributed by atoms with Gasteiger partial charge in [0.1, 0.15) is 17.6 Å². The SMILES string of the molecule is Cc1ccccc1-n1nc(C)c(CN(C)C(=O)C2=NN(c3ccc(F)cc3)C(C(N)=O)C2)c1C. The van der Waals surface area contributed by atoms with E-state index >= 15 is 0 Å². The number of para-hydroxylation sites is 1. The van der Waals surface area contributed by atoms with Gasteiger partial charge in [-0.15, -0.1) is 0 Å². The molecule has 1 aromatic heterocycles. The Morgan fingerprint density at radius 1 is 1.12 bits per heavy atom. The van der Waals surface area contributed by atoms with Gasteiger partial charge in [0.15, 0.2) is 0 Å². The molecule has 2 N–H and O–H groups in total. The molecule has 34 heavy (non-hydrogen) atoms. The van der Waals surface area contributed by atoms with E-state index in [2.05, 4.69) is 5.10 Å². The summed E-state index contributed by atoms with van der Waals surface area (Å²) < 4.78 is 15.2. The molecule has 4 rings (SSSR count). The Morgan fingerprint density at radius 2 is 1.79 bits per heavy atom. The second-order valence-corrected chi connectivity index (χ2v) is 8.50. The highest BCUT2D eigenvalue weighted by Crippen LogP contribution is 2.26. The summed E-state index contributed by atoms with van der Waals surface area (Å²) in [6.07, 6.45) is 0.0797. The summed E-state index contributed by atoms with van der Waals surface area (Å²) in [5, 5.41) is 10.5.